The van der Waals surface area contributed by atoms with E-state index in [-0.39, 0.29) is 6.10 Å². The topological polar surface area (TPSA) is 20.2 Å². The van der Waals surface area contributed by atoms with Crippen LogP contribution in [0, 0.1) is 0 Å². The molecule has 1 heterocycles. The van der Waals surface area contributed by atoms with Crippen molar-refractivity contribution in [1.82, 2.24) is 0 Å². The van der Waals surface area contributed by atoms with Crippen LogP contribution in [0.5, 0.6) is 0 Å². The molecule has 1 aromatic rings. The van der Waals surface area contributed by atoms with E-state index >= 15 is 0 Å². The minimum absolute atomic E-state index is 0.325. The Morgan fingerprint density at radius 3 is 2.92 bits per heavy atom. The third-order valence-electron chi connectivity index (χ3n) is 1.52. The first kappa shape index (κ1) is 9.49. The van der Waals surface area contributed by atoms with Gasteiger partial charge in [0.1, 0.15) is 0 Å². The van der Waals surface area contributed by atoms with E-state index in [0.717, 1.165) is 6.42 Å². The summed E-state index contributed by atoms with van der Waals surface area (Å²) in [6.45, 7) is 4.00. The highest BCUT2D eigenvalue weighted by Crippen LogP contribution is 2.12. The molecule has 1 rings (SSSR count). The molecule has 1 N–H and O–H groups in total. The van der Waals surface area contributed by atoms with Gasteiger partial charge in [0.15, 0.2) is 0 Å². The molecule has 0 bridgehead atoms. The molecule has 1 aromatic heterocycles. The number of allylic oxidation sites excluding steroid dienone is 1. The number of rotatable bonds is 3. The van der Waals surface area contributed by atoms with Crippen molar-refractivity contribution in [2.45, 2.75) is 26.4 Å². The number of hydrogen-bond acceptors (Lipinski definition) is 2. The lowest BCUT2D eigenvalue weighted by Crippen LogP contribution is -2.05. The molecule has 1 nitrogen and oxygen atoms in total. The molecular formula is C10H14OS. The maximum Gasteiger partial charge on any atom is 0.0771 e. The second-order valence-electron chi connectivity index (χ2n) is 3.09. The Labute approximate surface area is 77.4 Å². The summed E-state index contributed by atoms with van der Waals surface area (Å²) in [5.74, 6) is 0. The molecular weight excluding hydrogens is 168 g/mol. The second-order valence-corrected chi connectivity index (χ2v) is 4.13. The molecule has 0 radical (unpaired) electrons. The molecule has 0 aliphatic heterocycles. The molecule has 66 valence electrons. The molecule has 0 aromatic carbocycles. The highest BCUT2D eigenvalue weighted by Gasteiger charge is 2.01. The Bertz CT molecular complexity index is 245. The minimum Gasteiger partial charge on any atom is -0.389 e. The number of aliphatic hydroxyl groups is 1. The summed E-state index contributed by atoms with van der Waals surface area (Å²) >= 11 is 1.69. The smallest absolute Gasteiger partial charge is 0.0771 e. The summed E-state index contributed by atoms with van der Waals surface area (Å²) < 4.78 is 0. The first-order chi connectivity index (χ1) is 5.68. The van der Waals surface area contributed by atoms with Crippen LogP contribution in [0.4, 0.5) is 0 Å². The van der Waals surface area contributed by atoms with Gasteiger partial charge in [-0.15, -0.1) is 11.3 Å². The SMILES string of the molecule is CC(C)=CC(O)Cc1cccs1. The predicted octanol–water partition coefficient (Wildman–Crippen LogP) is 2.62. The Morgan fingerprint density at radius 2 is 2.42 bits per heavy atom. The van der Waals surface area contributed by atoms with E-state index < -0.39 is 0 Å². The Morgan fingerprint density at radius 1 is 1.67 bits per heavy atom. The van der Waals surface area contributed by atoms with Crippen molar-refractivity contribution in [3.05, 3.63) is 34.0 Å². The molecule has 2 heteroatoms. The summed E-state index contributed by atoms with van der Waals surface area (Å²) in [6, 6.07) is 4.06. The lowest BCUT2D eigenvalue weighted by Gasteiger charge is -2.03. The van der Waals surface area contributed by atoms with Crippen LogP contribution in [0.25, 0.3) is 0 Å². The van der Waals surface area contributed by atoms with Gasteiger partial charge in [-0.05, 0) is 25.3 Å². The largest absolute Gasteiger partial charge is 0.389 e. The molecule has 0 saturated heterocycles. The van der Waals surface area contributed by atoms with Gasteiger partial charge in [-0.3, -0.25) is 0 Å². The maximum atomic E-state index is 9.52. The fourth-order valence-electron chi connectivity index (χ4n) is 1.08. The van der Waals surface area contributed by atoms with Crippen molar-refractivity contribution in [1.29, 1.82) is 0 Å². The van der Waals surface area contributed by atoms with E-state index in [1.54, 1.807) is 11.3 Å². The zero-order valence-electron chi connectivity index (χ0n) is 7.45. The van der Waals surface area contributed by atoms with Crippen LogP contribution < -0.4 is 0 Å². The molecule has 0 fully saturated rings. The van der Waals surface area contributed by atoms with Crippen LogP contribution in [0.15, 0.2) is 29.2 Å². The summed E-state index contributed by atoms with van der Waals surface area (Å²) in [7, 11) is 0. The van der Waals surface area contributed by atoms with E-state index in [1.807, 2.05) is 37.4 Å². The number of thiophene rings is 1. The van der Waals surface area contributed by atoms with Gasteiger partial charge in [0.05, 0.1) is 6.10 Å². The minimum atomic E-state index is -0.325. The molecule has 0 spiro atoms. The third kappa shape index (κ3) is 3.20. The Kier molecular flexibility index (Phi) is 3.50. The fraction of sp³-hybridized carbons (Fsp3) is 0.400. The van der Waals surface area contributed by atoms with Crippen LogP contribution in [0.3, 0.4) is 0 Å². The average Bonchev–Trinajstić information content (AvgIpc) is 2.37. The van der Waals surface area contributed by atoms with Gasteiger partial charge >= 0.3 is 0 Å². The van der Waals surface area contributed by atoms with Crippen LogP contribution in [-0.2, 0) is 6.42 Å². The van der Waals surface area contributed by atoms with E-state index in [0.29, 0.717) is 0 Å². The standard InChI is InChI=1S/C10H14OS/c1-8(2)6-9(11)7-10-4-3-5-12-10/h3-6,9,11H,7H2,1-2H3. The predicted molar refractivity (Wildman–Crippen MR) is 53.5 cm³/mol. The highest BCUT2D eigenvalue weighted by molar-refractivity contribution is 7.09. The van der Waals surface area contributed by atoms with E-state index in [2.05, 4.69) is 0 Å². The first-order valence-electron chi connectivity index (χ1n) is 4.04. The zero-order valence-corrected chi connectivity index (χ0v) is 8.27. The van der Waals surface area contributed by atoms with Gasteiger partial charge in [-0.2, -0.15) is 0 Å². The lowest BCUT2D eigenvalue weighted by atomic mass is 10.1. The maximum absolute atomic E-state index is 9.52. The molecule has 0 saturated carbocycles. The van der Waals surface area contributed by atoms with Crippen LogP contribution in [-0.4, -0.2) is 11.2 Å². The van der Waals surface area contributed by atoms with E-state index in [9.17, 15) is 5.11 Å². The van der Waals surface area contributed by atoms with Gasteiger partial charge in [0.2, 0.25) is 0 Å². The summed E-state index contributed by atoms with van der Waals surface area (Å²) in [6.07, 6.45) is 2.30. The monoisotopic (exact) mass is 182 g/mol. The summed E-state index contributed by atoms with van der Waals surface area (Å²) in [5, 5.41) is 11.6. The quantitative estimate of drug-likeness (QED) is 0.712. The van der Waals surface area contributed by atoms with Crippen molar-refractivity contribution in [3.8, 4) is 0 Å². The van der Waals surface area contributed by atoms with Gasteiger partial charge in [-0.25, -0.2) is 0 Å². The summed E-state index contributed by atoms with van der Waals surface area (Å²) in [5.41, 5.74) is 1.17. The average molecular weight is 182 g/mol. The van der Waals surface area contributed by atoms with Crippen molar-refractivity contribution in [2.24, 2.45) is 0 Å². The van der Waals surface area contributed by atoms with E-state index in [1.165, 1.54) is 10.5 Å². The molecule has 0 aliphatic rings. The van der Waals surface area contributed by atoms with Gasteiger partial charge in [0.25, 0.3) is 0 Å². The number of hydrogen-bond donors (Lipinski definition) is 1. The normalized spacial score (nSPS) is 12.6. The van der Waals surface area contributed by atoms with Crippen molar-refractivity contribution < 1.29 is 5.11 Å². The van der Waals surface area contributed by atoms with Crippen LogP contribution in [0.1, 0.15) is 18.7 Å². The van der Waals surface area contributed by atoms with Gasteiger partial charge in [-0.1, -0.05) is 17.7 Å². The van der Waals surface area contributed by atoms with Crippen molar-refractivity contribution in [2.75, 3.05) is 0 Å². The highest BCUT2D eigenvalue weighted by atomic mass is 32.1. The second kappa shape index (κ2) is 4.43. The van der Waals surface area contributed by atoms with Crippen molar-refractivity contribution in [3.63, 3.8) is 0 Å². The van der Waals surface area contributed by atoms with Gasteiger partial charge < -0.3 is 5.11 Å². The third-order valence-corrected chi connectivity index (χ3v) is 2.41. The number of aliphatic hydroxyl groups excluding tert-OH is 1. The van der Waals surface area contributed by atoms with Gasteiger partial charge in [0, 0.05) is 11.3 Å². The lowest BCUT2D eigenvalue weighted by molar-refractivity contribution is 0.224. The molecule has 1 atom stereocenters. The molecule has 0 amide bonds. The first-order valence-corrected chi connectivity index (χ1v) is 4.92. The Hall–Kier alpha value is -0.600. The van der Waals surface area contributed by atoms with Crippen LogP contribution in [0.2, 0.25) is 0 Å². The van der Waals surface area contributed by atoms with E-state index in [4.69, 9.17) is 0 Å². The summed E-state index contributed by atoms with van der Waals surface area (Å²) in [4.78, 5) is 1.24. The molecule has 12 heavy (non-hydrogen) atoms. The fourth-order valence-corrected chi connectivity index (χ4v) is 1.83. The van der Waals surface area contributed by atoms with Crippen molar-refractivity contribution >= 4 is 11.3 Å². The molecule has 0 aliphatic carbocycles. The molecule has 1 unspecified atom stereocenters. The Balaban J connectivity index is 2.47. The van der Waals surface area contributed by atoms with Crippen LogP contribution >= 0.6 is 11.3 Å². The zero-order chi connectivity index (χ0) is 8.97.